The van der Waals surface area contributed by atoms with E-state index in [0.29, 0.717) is 27.8 Å². The monoisotopic (exact) mass is 290 g/mol. The van der Waals surface area contributed by atoms with E-state index < -0.39 is 0 Å². The Morgan fingerprint density at radius 2 is 1.77 bits per heavy atom. The van der Waals surface area contributed by atoms with Gasteiger partial charge in [-0.15, -0.1) is 0 Å². The van der Waals surface area contributed by atoms with Crippen LogP contribution in [0, 0.1) is 5.82 Å². The van der Waals surface area contributed by atoms with Crippen LogP contribution < -0.4 is 0 Å². The summed E-state index contributed by atoms with van der Waals surface area (Å²) in [5.74, 6) is -0.470. The fourth-order valence-electron chi connectivity index (χ4n) is 2.64. The van der Waals surface area contributed by atoms with Crippen molar-refractivity contribution in [3.8, 4) is 0 Å². The van der Waals surface area contributed by atoms with Crippen LogP contribution >= 0.6 is 0 Å². The minimum Gasteiger partial charge on any atom is -0.313 e. The maximum atomic E-state index is 13.5. The van der Waals surface area contributed by atoms with Gasteiger partial charge in [-0.2, -0.15) is 0 Å². The molecule has 2 heterocycles. The number of halogens is 1. The lowest BCUT2D eigenvalue weighted by molar-refractivity contribution is 0.103. The molecule has 3 nitrogen and oxygen atoms in total. The summed E-state index contributed by atoms with van der Waals surface area (Å²) in [6.07, 6.45) is 1.81. The molecule has 0 atom stereocenters. The molecule has 0 radical (unpaired) electrons. The van der Waals surface area contributed by atoms with Gasteiger partial charge in [-0.3, -0.25) is 4.79 Å². The molecule has 0 amide bonds. The molecule has 4 aromatic rings. The maximum absolute atomic E-state index is 13.5. The molecule has 0 bridgehead atoms. The number of benzene rings is 2. The number of carbonyl (C=O) groups excluding carboxylic acids is 1. The molecule has 0 unspecified atom stereocenters. The summed E-state index contributed by atoms with van der Waals surface area (Å²) in [5, 5.41) is 0. The molecule has 106 valence electrons. The van der Waals surface area contributed by atoms with Crippen molar-refractivity contribution in [2.75, 3.05) is 0 Å². The Hall–Kier alpha value is -3.01. The molecule has 0 aliphatic carbocycles. The van der Waals surface area contributed by atoms with Crippen LogP contribution in [-0.4, -0.2) is 15.2 Å². The number of rotatable bonds is 2. The van der Waals surface area contributed by atoms with Crippen LogP contribution in [0.25, 0.3) is 16.6 Å². The van der Waals surface area contributed by atoms with Gasteiger partial charge in [0.25, 0.3) is 0 Å². The minimum absolute atomic E-state index is 0.143. The summed E-state index contributed by atoms with van der Waals surface area (Å²) in [6.45, 7) is 0. The number of hydrogen-bond donors (Lipinski definition) is 0. The van der Waals surface area contributed by atoms with Gasteiger partial charge in [0.15, 0.2) is 0 Å². The lowest BCUT2D eigenvalue weighted by atomic mass is 10.1. The van der Waals surface area contributed by atoms with E-state index in [2.05, 4.69) is 4.98 Å². The van der Waals surface area contributed by atoms with E-state index in [-0.39, 0.29) is 11.6 Å². The van der Waals surface area contributed by atoms with E-state index in [0.717, 1.165) is 0 Å². The molecule has 0 N–H and O–H groups in total. The molecule has 0 saturated carbocycles. The third kappa shape index (κ3) is 1.89. The van der Waals surface area contributed by atoms with E-state index in [1.165, 1.54) is 12.1 Å². The third-order valence-electron chi connectivity index (χ3n) is 3.67. The Morgan fingerprint density at radius 3 is 2.59 bits per heavy atom. The first-order chi connectivity index (χ1) is 10.7. The average Bonchev–Trinajstić information content (AvgIpc) is 3.04. The topological polar surface area (TPSA) is 34.4 Å². The highest BCUT2D eigenvalue weighted by atomic mass is 19.1. The summed E-state index contributed by atoms with van der Waals surface area (Å²) >= 11 is 0. The first-order valence-electron chi connectivity index (χ1n) is 6.90. The third-order valence-corrected chi connectivity index (χ3v) is 3.67. The van der Waals surface area contributed by atoms with Crippen molar-refractivity contribution < 1.29 is 9.18 Å². The number of aromatic nitrogens is 2. The Balaban J connectivity index is 2.03. The fraction of sp³-hybridized carbons (Fsp3) is 0. The predicted octanol–water partition coefficient (Wildman–Crippen LogP) is 3.86. The largest absolute Gasteiger partial charge is 0.313 e. The second-order valence-corrected chi connectivity index (χ2v) is 5.05. The molecule has 0 aliphatic rings. The smallest absolute Gasteiger partial charge is 0.213 e. The van der Waals surface area contributed by atoms with Crippen LogP contribution in [0.1, 0.15) is 16.1 Å². The quantitative estimate of drug-likeness (QED) is 0.525. The molecule has 0 saturated heterocycles. The van der Waals surface area contributed by atoms with Crippen LogP contribution in [0.4, 0.5) is 4.39 Å². The number of ketones is 1. The first-order valence-corrected chi connectivity index (χ1v) is 6.90. The van der Waals surface area contributed by atoms with Crippen LogP contribution in [-0.2, 0) is 0 Å². The van der Waals surface area contributed by atoms with Crippen molar-refractivity contribution in [2.45, 2.75) is 0 Å². The molecule has 4 heteroatoms. The number of fused-ring (bicyclic) bond motifs is 3. The van der Waals surface area contributed by atoms with Crippen molar-refractivity contribution in [1.29, 1.82) is 0 Å². The van der Waals surface area contributed by atoms with E-state index in [9.17, 15) is 9.18 Å². The Morgan fingerprint density at radius 1 is 0.955 bits per heavy atom. The summed E-state index contributed by atoms with van der Waals surface area (Å²) in [6, 6.07) is 17.0. The van der Waals surface area contributed by atoms with Gasteiger partial charge >= 0.3 is 0 Å². The van der Waals surface area contributed by atoms with Crippen LogP contribution in [0.5, 0.6) is 0 Å². The number of carbonyl (C=O) groups is 1. The highest BCUT2D eigenvalue weighted by Gasteiger charge is 2.16. The Kier molecular flexibility index (Phi) is 2.76. The average molecular weight is 290 g/mol. The summed E-state index contributed by atoms with van der Waals surface area (Å²) in [5.41, 5.74) is 2.86. The molecule has 2 aromatic heterocycles. The summed E-state index contributed by atoms with van der Waals surface area (Å²) < 4.78 is 15.3. The molecule has 2 aromatic carbocycles. The zero-order chi connectivity index (χ0) is 15.1. The van der Waals surface area contributed by atoms with Crippen molar-refractivity contribution in [1.82, 2.24) is 9.38 Å². The Labute approximate surface area is 125 Å². The van der Waals surface area contributed by atoms with E-state index in [1.54, 1.807) is 28.8 Å². The van der Waals surface area contributed by atoms with Crippen molar-refractivity contribution >= 4 is 22.3 Å². The second kappa shape index (κ2) is 4.77. The highest BCUT2D eigenvalue weighted by Crippen LogP contribution is 2.22. The predicted molar refractivity (Wildman–Crippen MR) is 82.5 cm³/mol. The van der Waals surface area contributed by atoms with E-state index >= 15 is 0 Å². The zero-order valence-corrected chi connectivity index (χ0v) is 11.5. The molecular formula is C18H11FN2O. The molecule has 4 rings (SSSR count). The van der Waals surface area contributed by atoms with Gasteiger partial charge in [0.1, 0.15) is 11.5 Å². The van der Waals surface area contributed by atoms with E-state index in [4.69, 9.17) is 0 Å². The second-order valence-electron chi connectivity index (χ2n) is 5.05. The minimum atomic E-state index is -0.327. The normalized spacial score (nSPS) is 11.1. The van der Waals surface area contributed by atoms with Gasteiger partial charge in [0, 0.05) is 17.8 Å². The Bertz CT molecular complexity index is 1010. The lowest BCUT2D eigenvalue weighted by Gasteiger charge is -2.08. The lowest BCUT2D eigenvalue weighted by Crippen LogP contribution is -2.07. The molecule has 22 heavy (non-hydrogen) atoms. The van der Waals surface area contributed by atoms with Gasteiger partial charge in [-0.05, 0) is 24.3 Å². The number of nitrogens with zero attached hydrogens (tertiary/aromatic N) is 2. The van der Waals surface area contributed by atoms with Crippen LogP contribution in [0.2, 0.25) is 0 Å². The zero-order valence-electron chi connectivity index (χ0n) is 11.5. The SMILES string of the molecule is O=C(c1ccccc1)c1nc2ccc(F)cc2n2cccc12. The van der Waals surface area contributed by atoms with Crippen LogP contribution in [0.3, 0.4) is 0 Å². The summed E-state index contributed by atoms with van der Waals surface area (Å²) in [7, 11) is 0. The summed E-state index contributed by atoms with van der Waals surface area (Å²) in [4.78, 5) is 17.2. The highest BCUT2D eigenvalue weighted by molar-refractivity contribution is 6.12. The molecular weight excluding hydrogens is 279 g/mol. The fourth-order valence-corrected chi connectivity index (χ4v) is 2.64. The number of hydrogen-bond acceptors (Lipinski definition) is 2. The maximum Gasteiger partial charge on any atom is 0.213 e. The van der Waals surface area contributed by atoms with Gasteiger partial charge < -0.3 is 4.40 Å². The van der Waals surface area contributed by atoms with Crippen molar-refractivity contribution in [3.63, 3.8) is 0 Å². The molecule has 0 spiro atoms. The van der Waals surface area contributed by atoms with Gasteiger partial charge in [0.05, 0.1) is 16.6 Å². The van der Waals surface area contributed by atoms with E-state index in [1.807, 2.05) is 30.3 Å². The molecule has 0 aliphatic heterocycles. The van der Waals surface area contributed by atoms with Gasteiger partial charge in [0.2, 0.25) is 5.78 Å². The van der Waals surface area contributed by atoms with Gasteiger partial charge in [-0.1, -0.05) is 30.3 Å². The van der Waals surface area contributed by atoms with Gasteiger partial charge in [-0.25, -0.2) is 9.37 Å². The first kappa shape index (κ1) is 12.7. The van der Waals surface area contributed by atoms with Crippen LogP contribution in [0.15, 0.2) is 66.9 Å². The standard InChI is InChI=1S/C18H11FN2O/c19-13-8-9-14-16(11-13)21-10-4-7-15(21)17(20-14)18(22)12-5-2-1-3-6-12/h1-11H. The molecule has 0 fully saturated rings. The van der Waals surface area contributed by atoms with Crippen molar-refractivity contribution in [2.24, 2.45) is 0 Å². The van der Waals surface area contributed by atoms with Crippen molar-refractivity contribution in [3.05, 3.63) is 83.9 Å².